The minimum Gasteiger partial charge on any atom is -0.489 e. The van der Waals surface area contributed by atoms with Crippen LogP contribution < -0.4 is 4.74 Å². The number of rotatable bonds is 4. The van der Waals surface area contributed by atoms with Gasteiger partial charge >= 0.3 is 0 Å². The molecular weight excluding hydrogens is 262 g/mol. The van der Waals surface area contributed by atoms with Crippen LogP contribution in [0.3, 0.4) is 0 Å². The molecule has 0 amide bonds. The number of aromatic nitrogens is 2. The zero-order valence-electron chi connectivity index (χ0n) is 11.3. The second-order valence-corrected chi connectivity index (χ2v) is 4.56. The normalized spacial score (nSPS) is 10.0. The lowest BCUT2D eigenvalue weighted by Crippen LogP contribution is -1.94. The highest BCUT2D eigenvalue weighted by Crippen LogP contribution is 2.21. The van der Waals surface area contributed by atoms with Crippen molar-refractivity contribution in [2.45, 2.75) is 6.61 Å². The lowest BCUT2D eigenvalue weighted by molar-refractivity contribution is 0.306. The summed E-state index contributed by atoms with van der Waals surface area (Å²) in [6.45, 7) is 7.46. The van der Waals surface area contributed by atoms with E-state index in [4.69, 9.17) is 11.3 Å². The molecule has 0 spiro atoms. The fourth-order valence-electron chi connectivity index (χ4n) is 2.03. The number of H-pyrrole nitrogens is 1. The van der Waals surface area contributed by atoms with Gasteiger partial charge in [-0.1, -0.05) is 18.2 Å². The third kappa shape index (κ3) is 3.10. The Bertz CT molecular complexity index is 755. The van der Waals surface area contributed by atoms with Crippen LogP contribution in [0.4, 0.5) is 5.69 Å². The van der Waals surface area contributed by atoms with Crippen LogP contribution in [0.25, 0.3) is 16.1 Å². The van der Waals surface area contributed by atoms with Gasteiger partial charge in [0.25, 0.3) is 0 Å². The van der Waals surface area contributed by atoms with Crippen LogP contribution >= 0.6 is 0 Å². The summed E-state index contributed by atoms with van der Waals surface area (Å²) in [5, 5.41) is 0. The van der Waals surface area contributed by atoms with Crippen molar-refractivity contribution in [3.63, 3.8) is 0 Å². The Kier molecular flexibility index (Phi) is 3.66. The van der Waals surface area contributed by atoms with E-state index in [1.807, 2.05) is 42.5 Å². The zero-order valence-corrected chi connectivity index (χ0v) is 11.3. The molecule has 2 aromatic carbocycles. The monoisotopic (exact) mass is 275 g/mol. The summed E-state index contributed by atoms with van der Waals surface area (Å²) >= 11 is 0. The van der Waals surface area contributed by atoms with Gasteiger partial charge in [0, 0.05) is 0 Å². The maximum absolute atomic E-state index is 7.00. The quantitative estimate of drug-likeness (QED) is 0.725. The number of hydrogen-bond donors (Lipinski definition) is 1. The van der Waals surface area contributed by atoms with Crippen molar-refractivity contribution in [2.75, 3.05) is 0 Å². The Hall–Kier alpha value is -3.06. The summed E-state index contributed by atoms with van der Waals surface area (Å²) in [5.41, 5.74) is 3.66. The fraction of sp³-hybridized carbons (Fsp3) is 0.0588. The molecule has 3 rings (SSSR count). The maximum atomic E-state index is 7.00. The Labute approximate surface area is 122 Å². The number of imidazole rings is 1. The van der Waals surface area contributed by atoms with E-state index in [1.165, 1.54) is 0 Å². The van der Waals surface area contributed by atoms with Crippen molar-refractivity contribution in [1.29, 1.82) is 0 Å². The van der Waals surface area contributed by atoms with Crippen molar-refractivity contribution in [3.8, 4) is 17.0 Å². The van der Waals surface area contributed by atoms with Gasteiger partial charge in [-0.2, -0.15) is 0 Å². The van der Waals surface area contributed by atoms with Gasteiger partial charge in [0.1, 0.15) is 12.4 Å². The largest absolute Gasteiger partial charge is 0.489 e. The fourth-order valence-corrected chi connectivity index (χ4v) is 2.03. The lowest BCUT2D eigenvalue weighted by Gasteiger charge is -2.07. The van der Waals surface area contributed by atoms with E-state index >= 15 is 0 Å². The van der Waals surface area contributed by atoms with E-state index in [0.717, 1.165) is 22.6 Å². The van der Waals surface area contributed by atoms with E-state index in [9.17, 15) is 0 Å². The lowest BCUT2D eigenvalue weighted by atomic mass is 10.1. The molecule has 4 heteroatoms. The van der Waals surface area contributed by atoms with Gasteiger partial charge in [0.2, 0.25) is 0 Å². The van der Waals surface area contributed by atoms with Crippen molar-refractivity contribution < 1.29 is 4.74 Å². The maximum Gasteiger partial charge on any atom is 0.187 e. The minimum absolute atomic E-state index is 0.451. The molecule has 1 heterocycles. The average molecular weight is 275 g/mol. The molecule has 0 saturated heterocycles. The number of ether oxygens (including phenoxy) is 1. The van der Waals surface area contributed by atoms with Crippen molar-refractivity contribution in [3.05, 3.63) is 78.0 Å². The molecular formula is C17H13N3O. The van der Waals surface area contributed by atoms with Crippen LogP contribution in [0.1, 0.15) is 5.56 Å². The first-order chi connectivity index (χ1) is 10.3. The number of nitrogens with zero attached hydrogens (tertiary/aromatic N) is 2. The molecule has 0 aliphatic carbocycles. The number of aromatic amines is 1. The molecule has 0 unspecified atom stereocenters. The predicted octanol–water partition coefficient (Wildman–Crippen LogP) is 4.21. The molecule has 102 valence electrons. The van der Waals surface area contributed by atoms with E-state index in [2.05, 4.69) is 14.8 Å². The van der Waals surface area contributed by atoms with Gasteiger partial charge in [0.15, 0.2) is 5.69 Å². The Morgan fingerprint density at radius 3 is 2.71 bits per heavy atom. The van der Waals surface area contributed by atoms with E-state index < -0.39 is 0 Å². The number of hydrogen-bond acceptors (Lipinski definition) is 2. The first-order valence-electron chi connectivity index (χ1n) is 6.53. The van der Waals surface area contributed by atoms with Gasteiger partial charge in [-0.25, -0.2) is 9.83 Å². The van der Waals surface area contributed by atoms with Gasteiger partial charge in [0.05, 0.1) is 24.8 Å². The molecule has 1 N–H and O–H groups in total. The molecule has 0 aliphatic rings. The van der Waals surface area contributed by atoms with Crippen LogP contribution in [0.5, 0.6) is 5.75 Å². The Morgan fingerprint density at radius 2 is 2.00 bits per heavy atom. The van der Waals surface area contributed by atoms with E-state index in [1.54, 1.807) is 18.6 Å². The van der Waals surface area contributed by atoms with Crippen LogP contribution in [0, 0.1) is 6.57 Å². The summed E-state index contributed by atoms with van der Waals surface area (Å²) in [6, 6.07) is 15.3. The molecule has 4 nitrogen and oxygen atoms in total. The Balaban J connectivity index is 1.67. The first-order valence-corrected chi connectivity index (χ1v) is 6.53. The minimum atomic E-state index is 0.451. The topological polar surface area (TPSA) is 42.3 Å². The third-order valence-electron chi connectivity index (χ3n) is 3.11. The number of benzene rings is 2. The van der Waals surface area contributed by atoms with Crippen LogP contribution in [0.2, 0.25) is 0 Å². The molecule has 0 radical (unpaired) electrons. The van der Waals surface area contributed by atoms with E-state index in [-0.39, 0.29) is 0 Å². The molecule has 0 aliphatic heterocycles. The highest BCUT2D eigenvalue weighted by atomic mass is 16.5. The van der Waals surface area contributed by atoms with Crippen LogP contribution in [0.15, 0.2) is 61.1 Å². The average Bonchev–Trinajstić information content (AvgIpc) is 3.08. The van der Waals surface area contributed by atoms with Gasteiger partial charge in [-0.3, -0.25) is 0 Å². The third-order valence-corrected chi connectivity index (χ3v) is 3.11. The molecule has 3 aromatic rings. The van der Waals surface area contributed by atoms with Crippen molar-refractivity contribution in [1.82, 2.24) is 9.97 Å². The van der Waals surface area contributed by atoms with Crippen molar-refractivity contribution >= 4 is 5.69 Å². The van der Waals surface area contributed by atoms with E-state index in [0.29, 0.717) is 12.3 Å². The summed E-state index contributed by atoms with van der Waals surface area (Å²) in [4.78, 5) is 10.5. The predicted molar refractivity (Wildman–Crippen MR) is 81.1 cm³/mol. The van der Waals surface area contributed by atoms with Crippen LogP contribution in [-0.4, -0.2) is 9.97 Å². The highest BCUT2D eigenvalue weighted by molar-refractivity contribution is 5.59. The highest BCUT2D eigenvalue weighted by Gasteiger charge is 2.01. The SMILES string of the molecule is [C-]#[N+]c1cccc(COc2ccc(-c3cnc[nH]3)cc2)c1. The molecule has 0 bridgehead atoms. The van der Waals surface area contributed by atoms with Crippen molar-refractivity contribution in [2.24, 2.45) is 0 Å². The van der Waals surface area contributed by atoms with Gasteiger partial charge < -0.3 is 9.72 Å². The summed E-state index contributed by atoms with van der Waals surface area (Å²) in [7, 11) is 0. The van der Waals surface area contributed by atoms with Gasteiger partial charge in [-0.05, 0) is 41.5 Å². The second kappa shape index (κ2) is 5.93. The summed E-state index contributed by atoms with van der Waals surface area (Å²) in [5.74, 6) is 0.798. The van der Waals surface area contributed by atoms with Gasteiger partial charge in [-0.15, -0.1) is 0 Å². The molecule has 0 fully saturated rings. The Morgan fingerprint density at radius 1 is 1.14 bits per heavy atom. The number of nitrogens with one attached hydrogen (secondary N) is 1. The first kappa shape index (κ1) is 12.9. The summed E-state index contributed by atoms with van der Waals surface area (Å²) in [6.07, 6.45) is 3.44. The molecule has 0 saturated carbocycles. The zero-order chi connectivity index (χ0) is 14.5. The molecule has 0 atom stereocenters. The van der Waals surface area contributed by atoms with Crippen LogP contribution in [-0.2, 0) is 6.61 Å². The standard InChI is InChI=1S/C17H13N3O/c1-18-15-4-2-3-13(9-15)11-21-16-7-5-14(6-8-16)17-10-19-12-20-17/h2-10,12H,11H2,(H,19,20). The molecule has 21 heavy (non-hydrogen) atoms. The summed E-state index contributed by atoms with van der Waals surface area (Å²) < 4.78 is 5.74. The molecule has 1 aromatic heterocycles. The second-order valence-electron chi connectivity index (χ2n) is 4.56. The smallest absolute Gasteiger partial charge is 0.187 e.